The lowest BCUT2D eigenvalue weighted by Gasteiger charge is -2.22. The minimum atomic E-state index is -3.59. The monoisotopic (exact) mass is 502 g/mol. The third-order valence-electron chi connectivity index (χ3n) is 5.25. The van der Waals surface area contributed by atoms with Crippen molar-refractivity contribution >= 4 is 27.3 Å². The molecule has 0 aliphatic heterocycles. The van der Waals surface area contributed by atoms with Crippen LogP contribution in [0.2, 0.25) is 0 Å². The highest BCUT2D eigenvalue weighted by molar-refractivity contribution is 7.91. The SMILES string of the molecule is CCCN(CCCc1ccc(OC(C)(C)C(=O)O)cc1)S(=O)(=O)c1ccc(-c2ccccn2)s1. The molecule has 0 radical (unpaired) electrons. The van der Waals surface area contributed by atoms with E-state index in [2.05, 4.69) is 4.98 Å². The number of hydrogen-bond acceptors (Lipinski definition) is 6. The summed E-state index contributed by atoms with van der Waals surface area (Å²) in [4.78, 5) is 16.4. The summed E-state index contributed by atoms with van der Waals surface area (Å²) in [6.07, 6.45) is 3.78. The van der Waals surface area contributed by atoms with Crippen molar-refractivity contribution in [3.63, 3.8) is 0 Å². The van der Waals surface area contributed by atoms with Gasteiger partial charge in [0.2, 0.25) is 0 Å². The minimum absolute atomic E-state index is 0.323. The first-order valence-electron chi connectivity index (χ1n) is 11.2. The highest BCUT2D eigenvalue weighted by atomic mass is 32.2. The number of rotatable bonds is 12. The van der Waals surface area contributed by atoms with Crippen molar-refractivity contribution in [1.82, 2.24) is 9.29 Å². The van der Waals surface area contributed by atoms with Crippen LogP contribution < -0.4 is 4.74 Å². The molecule has 0 atom stereocenters. The molecule has 0 aliphatic carbocycles. The number of benzene rings is 1. The van der Waals surface area contributed by atoms with Gasteiger partial charge < -0.3 is 9.84 Å². The topological polar surface area (TPSA) is 96.8 Å². The van der Waals surface area contributed by atoms with E-state index in [1.807, 2.05) is 37.3 Å². The number of hydrogen-bond donors (Lipinski definition) is 1. The number of aliphatic carboxylic acids is 1. The molecule has 0 aliphatic rings. The molecule has 2 aromatic heterocycles. The first kappa shape index (κ1) is 25.9. The summed E-state index contributed by atoms with van der Waals surface area (Å²) in [5, 5.41) is 9.20. The molecule has 3 aromatic rings. The third-order valence-corrected chi connectivity index (χ3v) is 8.72. The molecule has 0 unspecified atom stereocenters. The van der Waals surface area contributed by atoms with Gasteiger partial charge in [-0.25, -0.2) is 13.2 Å². The summed E-state index contributed by atoms with van der Waals surface area (Å²) in [5.74, 6) is -0.556. The zero-order valence-electron chi connectivity index (χ0n) is 19.6. The zero-order valence-corrected chi connectivity index (χ0v) is 21.2. The Morgan fingerprint density at radius 3 is 2.44 bits per heavy atom. The Morgan fingerprint density at radius 1 is 1.09 bits per heavy atom. The minimum Gasteiger partial charge on any atom is -0.478 e. The largest absolute Gasteiger partial charge is 0.478 e. The van der Waals surface area contributed by atoms with Gasteiger partial charge in [-0.2, -0.15) is 4.31 Å². The lowest BCUT2D eigenvalue weighted by atomic mass is 10.1. The Hall–Kier alpha value is -2.75. The maximum absolute atomic E-state index is 13.3. The summed E-state index contributed by atoms with van der Waals surface area (Å²) < 4.78 is 34.0. The van der Waals surface area contributed by atoms with Gasteiger partial charge in [-0.3, -0.25) is 4.98 Å². The van der Waals surface area contributed by atoms with Crippen LogP contribution in [0.3, 0.4) is 0 Å². The highest BCUT2D eigenvalue weighted by Crippen LogP contribution is 2.31. The van der Waals surface area contributed by atoms with Gasteiger partial charge in [0.1, 0.15) is 9.96 Å². The second kappa shape index (κ2) is 11.1. The van der Waals surface area contributed by atoms with Crippen LogP contribution in [0, 0.1) is 0 Å². The van der Waals surface area contributed by atoms with Crippen LogP contribution >= 0.6 is 11.3 Å². The molecule has 3 rings (SSSR count). The van der Waals surface area contributed by atoms with Crippen molar-refractivity contribution in [2.45, 2.75) is 49.8 Å². The van der Waals surface area contributed by atoms with Crippen LogP contribution in [0.25, 0.3) is 10.6 Å². The second-order valence-corrected chi connectivity index (χ2v) is 11.7. The lowest BCUT2D eigenvalue weighted by Crippen LogP contribution is -2.37. The number of aromatic nitrogens is 1. The Balaban J connectivity index is 1.63. The van der Waals surface area contributed by atoms with Crippen LogP contribution in [-0.2, 0) is 21.2 Å². The number of nitrogens with zero attached hydrogens (tertiary/aromatic N) is 2. The highest BCUT2D eigenvalue weighted by Gasteiger charge is 2.29. The van der Waals surface area contributed by atoms with Crippen LogP contribution in [0.4, 0.5) is 0 Å². The second-order valence-electron chi connectivity index (χ2n) is 8.40. The predicted octanol–water partition coefficient (Wildman–Crippen LogP) is 5.09. The van der Waals surface area contributed by atoms with Gasteiger partial charge in [-0.05, 0) is 75.1 Å². The molecule has 2 heterocycles. The van der Waals surface area contributed by atoms with Gasteiger partial charge in [0.25, 0.3) is 10.0 Å². The first-order chi connectivity index (χ1) is 16.1. The van der Waals surface area contributed by atoms with Gasteiger partial charge >= 0.3 is 5.97 Å². The van der Waals surface area contributed by atoms with Gasteiger partial charge in [0.05, 0.1) is 10.6 Å². The van der Waals surface area contributed by atoms with E-state index in [0.29, 0.717) is 35.9 Å². The fourth-order valence-corrected chi connectivity index (χ4v) is 6.36. The molecule has 0 saturated carbocycles. The number of carboxylic acids is 1. The molecule has 7 nitrogen and oxygen atoms in total. The third kappa shape index (κ3) is 6.43. The number of carbonyl (C=O) groups is 1. The standard InChI is InChI=1S/C25H30N2O5S2/c1-4-17-27(34(30,31)23-15-14-22(33-23)21-9-5-6-16-26-21)18-7-8-19-10-12-20(13-11-19)32-25(2,3)24(28)29/h5-6,9-16H,4,7-8,17-18H2,1-3H3,(H,28,29). The zero-order chi connectivity index (χ0) is 24.8. The molecule has 1 aromatic carbocycles. The molecule has 1 N–H and O–H groups in total. The quantitative estimate of drug-likeness (QED) is 0.371. The number of ether oxygens (including phenoxy) is 1. The van der Waals surface area contributed by atoms with Crippen molar-refractivity contribution < 1.29 is 23.1 Å². The van der Waals surface area contributed by atoms with E-state index in [0.717, 1.165) is 22.6 Å². The summed E-state index contributed by atoms with van der Waals surface area (Å²) >= 11 is 1.24. The smallest absolute Gasteiger partial charge is 0.347 e. The Labute approximate surface area is 205 Å². The van der Waals surface area contributed by atoms with E-state index in [1.54, 1.807) is 34.8 Å². The van der Waals surface area contributed by atoms with Crippen molar-refractivity contribution in [3.05, 3.63) is 66.4 Å². The molecule has 0 amide bonds. The van der Waals surface area contributed by atoms with E-state index in [9.17, 15) is 18.3 Å². The fraction of sp³-hybridized carbons (Fsp3) is 0.360. The van der Waals surface area contributed by atoms with Gasteiger partial charge in [-0.1, -0.05) is 25.1 Å². The molecule has 0 fully saturated rings. The molecule has 182 valence electrons. The van der Waals surface area contributed by atoms with Crippen molar-refractivity contribution in [1.29, 1.82) is 0 Å². The molecule has 0 saturated heterocycles. The maximum Gasteiger partial charge on any atom is 0.347 e. The van der Waals surface area contributed by atoms with Crippen molar-refractivity contribution in [2.24, 2.45) is 0 Å². The van der Waals surface area contributed by atoms with Crippen molar-refractivity contribution in [2.75, 3.05) is 13.1 Å². The molecule has 0 bridgehead atoms. The van der Waals surface area contributed by atoms with Gasteiger partial charge in [0, 0.05) is 19.3 Å². The van der Waals surface area contributed by atoms with Gasteiger partial charge in [-0.15, -0.1) is 11.3 Å². The van der Waals surface area contributed by atoms with E-state index >= 15 is 0 Å². The molecular weight excluding hydrogens is 472 g/mol. The molecule has 34 heavy (non-hydrogen) atoms. The van der Waals surface area contributed by atoms with Crippen LogP contribution in [-0.4, -0.2) is 47.5 Å². The van der Waals surface area contributed by atoms with Crippen molar-refractivity contribution in [3.8, 4) is 16.3 Å². The Kier molecular flexibility index (Phi) is 8.46. The maximum atomic E-state index is 13.3. The van der Waals surface area contributed by atoms with Crippen LogP contribution in [0.1, 0.15) is 39.2 Å². The lowest BCUT2D eigenvalue weighted by molar-refractivity contribution is -0.152. The summed E-state index contributed by atoms with van der Waals surface area (Å²) in [6.45, 7) is 5.83. The van der Waals surface area contributed by atoms with Crippen LogP contribution in [0.5, 0.6) is 5.75 Å². The molecular formula is C25H30N2O5S2. The summed E-state index contributed by atoms with van der Waals surface area (Å²) in [7, 11) is -3.59. The number of sulfonamides is 1. The Bertz CT molecular complexity index is 1190. The Morgan fingerprint density at radius 2 is 1.82 bits per heavy atom. The first-order valence-corrected chi connectivity index (χ1v) is 13.4. The van der Waals surface area contributed by atoms with Crippen LogP contribution in [0.15, 0.2) is 65.0 Å². The van der Waals surface area contributed by atoms with E-state index in [1.165, 1.54) is 25.2 Å². The summed E-state index contributed by atoms with van der Waals surface area (Å²) in [5.41, 5.74) is 0.479. The average Bonchev–Trinajstić information content (AvgIpc) is 3.31. The number of aryl methyl sites for hydroxylation is 1. The van der Waals surface area contributed by atoms with E-state index < -0.39 is 21.6 Å². The number of carboxylic acid groups (broad SMARTS) is 1. The number of thiophene rings is 1. The van der Waals surface area contributed by atoms with Gasteiger partial charge in [0.15, 0.2) is 5.60 Å². The normalized spacial score (nSPS) is 12.1. The predicted molar refractivity (Wildman–Crippen MR) is 134 cm³/mol. The summed E-state index contributed by atoms with van der Waals surface area (Å²) in [6, 6.07) is 16.3. The fourth-order valence-electron chi connectivity index (χ4n) is 3.36. The van der Waals surface area contributed by atoms with E-state index in [-0.39, 0.29) is 0 Å². The average molecular weight is 503 g/mol. The van der Waals surface area contributed by atoms with E-state index in [4.69, 9.17) is 4.74 Å². The molecule has 0 spiro atoms. The number of pyridine rings is 1. The molecule has 9 heteroatoms.